The lowest BCUT2D eigenvalue weighted by Crippen LogP contribution is -2.80. The highest BCUT2D eigenvalue weighted by Crippen LogP contribution is 2.04. The molecule has 0 amide bonds. The van der Waals surface area contributed by atoms with Crippen molar-refractivity contribution in [3.05, 3.63) is 57.8 Å². The molecule has 2 aromatic rings. The summed E-state index contributed by atoms with van der Waals surface area (Å²) in [6, 6.07) is 8.94. The van der Waals surface area contributed by atoms with E-state index in [1.165, 1.54) is 5.56 Å². The summed E-state index contributed by atoms with van der Waals surface area (Å²) >= 11 is 1.70. The molecule has 1 aromatic carbocycles. The van der Waals surface area contributed by atoms with Crippen LogP contribution in [0.25, 0.3) is 0 Å². The minimum Gasteiger partial charge on any atom is -0.545 e. The summed E-state index contributed by atoms with van der Waals surface area (Å²) in [4.78, 5) is 10.6. The van der Waals surface area contributed by atoms with Crippen molar-refractivity contribution in [2.45, 2.75) is 13.1 Å². The zero-order valence-corrected chi connectivity index (χ0v) is 10.1. The van der Waals surface area contributed by atoms with Gasteiger partial charge in [-0.15, -0.1) is 0 Å². The molecule has 0 saturated carbocycles. The third kappa shape index (κ3) is 3.41. The van der Waals surface area contributed by atoms with Gasteiger partial charge in [0, 0.05) is 11.1 Å². The molecule has 1 heterocycles. The molecule has 1 aromatic heterocycles. The standard InChI is InChI=1S/C13H13NO2S/c15-13(16)12-3-1-10(2-4-12)7-14-8-11-5-6-17-9-11/h1-6,9,14H,7-8H2,(H,15,16). The quantitative estimate of drug-likeness (QED) is 0.830. The Morgan fingerprint density at radius 1 is 1.12 bits per heavy atom. The van der Waals surface area contributed by atoms with Crippen LogP contribution in [0.4, 0.5) is 0 Å². The molecule has 0 atom stereocenters. The molecule has 0 spiro atoms. The van der Waals surface area contributed by atoms with Crippen molar-refractivity contribution < 1.29 is 15.2 Å². The van der Waals surface area contributed by atoms with E-state index in [-0.39, 0.29) is 5.56 Å². The first-order chi connectivity index (χ1) is 8.25. The van der Waals surface area contributed by atoms with Gasteiger partial charge in [-0.05, 0) is 22.4 Å². The van der Waals surface area contributed by atoms with Gasteiger partial charge in [0.05, 0.1) is 5.97 Å². The summed E-state index contributed by atoms with van der Waals surface area (Å²) in [7, 11) is 0. The van der Waals surface area contributed by atoms with Crippen LogP contribution in [0, 0.1) is 0 Å². The minimum absolute atomic E-state index is 0.228. The molecule has 0 fully saturated rings. The van der Waals surface area contributed by atoms with E-state index in [2.05, 4.69) is 22.1 Å². The lowest BCUT2D eigenvalue weighted by molar-refractivity contribution is -0.686. The first-order valence-corrected chi connectivity index (χ1v) is 6.33. The van der Waals surface area contributed by atoms with Gasteiger partial charge in [-0.25, -0.2) is 0 Å². The third-order valence-corrected chi connectivity index (χ3v) is 3.26. The maximum absolute atomic E-state index is 10.6. The first kappa shape index (κ1) is 11.8. The summed E-state index contributed by atoms with van der Waals surface area (Å²) < 4.78 is 0. The third-order valence-electron chi connectivity index (χ3n) is 2.53. The largest absolute Gasteiger partial charge is 0.545 e. The highest BCUT2D eigenvalue weighted by atomic mass is 32.1. The van der Waals surface area contributed by atoms with E-state index in [1.54, 1.807) is 23.5 Å². The zero-order chi connectivity index (χ0) is 12.1. The topological polar surface area (TPSA) is 56.7 Å². The number of nitrogens with two attached hydrogens (primary N) is 1. The van der Waals surface area contributed by atoms with Gasteiger partial charge in [0.15, 0.2) is 0 Å². The first-order valence-electron chi connectivity index (χ1n) is 5.39. The van der Waals surface area contributed by atoms with E-state index in [0.29, 0.717) is 0 Å². The van der Waals surface area contributed by atoms with Crippen molar-refractivity contribution in [1.29, 1.82) is 0 Å². The summed E-state index contributed by atoms with van der Waals surface area (Å²) in [6.45, 7) is 1.80. The molecule has 0 bridgehead atoms. The molecule has 0 aliphatic carbocycles. The number of carbonyl (C=O) groups is 1. The van der Waals surface area contributed by atoms with E-state index in [4.69, 9.17) is 0 Å². The molecule has 0 saturated heterocycles. The molecule has 0 radical (unpaired) electrons. The number of carboxylic acids is 1. The average molecular weight is 247 g/mol. The van der Waals surface area contributed by atoms with E-state index >= 15 is 0 Å². The molecule has 0 aliphatic heterocycles. The van der Waals surface area contributed by atoms with Gasteiger partial charge in [-0.1, -0.05) is 24.3 Å². The van der Waals surface area contributed by atoms with Crippen molar-refractivity contribution in [3.63, 3.8) is 0 Å². The Bertz CT molecular complexity index is 477. The maximum atomic E-state index is 10.6. The predicted molar refractivity (Wildman–Crippen MR) is 64.4 cm³/mol. The molecular formula is C13H13NO2S. The van der Waals surface area contributed by atoms with Gasteiger partial charge in [0.1, 0.15) is 13.1 Å². The molecular weight excluding hydrogens is 234 g/mol. The molecule has 0 unspecified atom stereocenters. The number of carbonyl (C=O) groups excluding carboxylic acids is 1. The number of rotatable bonds is 5. The second kappa shape index (κ2) is 5.61. The molecule has 0 aliphatic rings. The minimum atomic E-state index is -1.13. The van der Waals surface area contributed by atoms with Crippen molar-refractivity contribution in [1.82, 2.24) is 0 Å². The van der Waals surface area contributed by atoms with Crippen LogP contribution >= 0.6 is 11.3 Å². The van der Waals surface area contributed by atoms with E-state index in [0.717, 1.165) is 18.7 Å². The molecule has 3 nitrogen and oxygen atoms in total. The molecule has 4 heteroatoms. The highest BCUT2D eigenvalue weighted by molar-refractivity contribution is 7.07. The Balaban J connectivity index is 1.85. The lowest BCUT2D eigenvalue weighted by atomic mass is 10.1. The normalized spacial score (nSPS) is 10.4. The summed E-state index contributed by atoms with van der Waals surface area (Å²) in [5, 5.41) is 17.0. The Morgan fingerprint density at radius 2 is 1.82 bits per heavy atom. The van der Waals surface area contributed by atoms with Crippen LogP contribution in [-0.4, -0.2) is 5.97 Å². The van der Waals surface area contributed by atoms with Crippen LogP contribution < -0.4 is 10.4 Å². The van der Waals surface area contributed by atoms with Crippen molar-refractivity contribution >= 4 is 17.3 Å². The lowest BCUT2D eigenvalue weighted by Gasteiger charge is -2.04. The number of hydrogen-bond acceptors (Lipinski definition) is 3. The summed E-state index contributed by atoms with van der Waals surface area (Å²) in [5.41, 5.74) is 2.66. The predicted octanol–water partition coefficient (Wildman–Crippen LogP) is 0.375. The van der Waals surface area contributed by atoms with Gasteiger partial charge in [0.25, 0.3) is 0 Å². The van der Waals surface area contributed by atoms with Crippen LogP contribution in [0.3, 0.4) is 0 Å². The monoisotopic (exact) mass is 247 g/mol. The van der Waals surface area contributed by atoms with Crippen molar-refractivity contribution in [2.75, 3.05) is 0 Å². The fourth-order valence-corrected chi connectivity index (χ4v) is 2.27. The van der Waals surface area contributed by atoms with Crippen LogP contribution in [0.5, 0.6) is 0 Å². The van der Waals surface area contributed by atoms with Crippen molar-refractivity contribution in [2.24, 2.45) is 0 Å². The van der Waals surface area contributed by atoms with Gasteiger partial charge < -0.3 is 15.2 Å². The van der Waals surface area contributed by atoms with Crippen LogP contribution in [0.1, 0.15) is 21.5 Å². The number of benzene rings is 1. The summed E-state index contributed by atoms with van der Waals surface area (Å²) in [5.74, 6) is -1.13. The fourth-order valence-electron chi connectivity index (χ4n) is 1.59. The Kier molecular flexibility index (Phi) is 3.90. The van der Waals surface area contributed by atoms with Gasteiger partial charge in [-0.3, -0.25) is 0 Å². The van der Waals surface area contributed by atoms with Gasteiger partial charge in [0.2, 0.25) is 0 Å². The molecule has 2 N–H and O–H groups in total. The Hall–Kier alpha value is -1.65. The number of aromatic carboxylic acids is 1. The highest BCUT2D eigenvalue weighted by Gasteiger charge is 1.99. The number of carboxylic acid groups (broad SMARTS) is 1. The summed E-state index contributed by atoms with van der Waals surface area (Å²) in [6.07, 6.45) is 0. The maximum Gasteiger partial charge on any atom is 0.102 e. The number of quaternary nitrogens is 1. The SMILES string of the molecule is O=C([O-])c1ccc(C[NH2+]Cc2ccsc2)cc1. The van der Waals surface area contributed by atoms with E-state index in [1.807, 2.05) is 12.1 Å². The Labute approximate surface area is 104 Å². The molecule has 17 heavy (non-hydrogen) atoms. The number of thiophene rings is 1. The number of hydrogen-bond donors (Lipinski definition) is 1. The zero-order valence-electron chi connectivity index (χ0n) is 9.26. The smallest absolute Gasteiger partial charge is 0.102 e. The molecule has 2 rings (SSSR count). The van der Waals surface area contributed by atoms with E-state index in [9.17, 15) is 9.90 Å². The van der Waals surface area contributed by atoms with Crippen LogP contribution in [0.15, 0.2) is 41.1 Å². The Morgan fingerprint density at radius 3 is 2.41 bits per heavy atom. The van der Waals surface area contributed by atoms with Crippen molar-refractivity contribution in [3.8, 4) is 0 Å². The fraction of sp³-hybridized carbons (Fsp3) is 0.154. The second-order valence-electron chi connectivity index (χ2n) is 3.81. The molecule has 88 valence electrons. The van der Waals surface area contributed by atoms with Crippen LogP contribution in [0.2, 0.25) is 0 Å². The van der Waals surface area contributed by atoms with Gasteiger partial charge in [-0.2, -0.15) is 11.3 Å². The van der Waals surface area contributed by atoms with Gasteiger partial charge >= 0.3 is 0 Å². The average Bonchev–Trinajstić information content (AvgIpc) is 2.83. The van der Waals surface area contributed by atoms with Crippen LogP contribution in [-0.2, 0) is 13.1 Å². The van der Waals surface area contributed by atoms with E-state index < -0.39 is 5.97 Å². The second-order valence-corrected chi connectivity index (χ2v) is 4.59.